The summed E-state index contributed by atoms with van der Waals surface area (Å²) >= 11 is 1.47. The van der Waals surface area contributed by atoms with Gasteiger partial charge in [0.1, 0.15) is 0 Å². The highest BCUT2D eigenvalue weighted by Crippen LogP contribution is 2.45. The highest BCUT2D eigenvalue weighted by molar-refractivity contribution is 8.14. The maximum atomic E-state index is 11.6. The number of allylic oxidation sites excluding steroid dienone is 2. The van der Waals surface area contributed by atoms with Crippen LogP contribution in [0.25, 0.3) is 0 Å². The molecule has 0 aromatic heterocycles. The number of hydrogen-bond acceptors (Lipinski definition) is 2. The van der Waals surface area contributed by atoms with Gasteiger partial charge >= 0.3 is 0 Å². The first-order valence-corrected chi connectivity index (χ1v) is 11.4. The summed E-state index contributed by atoms with van der Waals surface area (Å²) in [7, 11) is 0. The number of nitrogens with one attached hydrogen (secondary N) is 1. The van der Waals surface area contributed by atoms with Gasteiger partial charge in [-0.15, -0.1) is 0 Å². The normalized spacial score (nSPS) is 30.9. The quantitative estimate of drug-likeness (QED) is 0.509. The molecule has 26 heavy (non-hydrogen) atoms. The number of benzene rings is 1. The van der Waals surface area contributed by atoms with Crippen LogP contribution in [0.4, 0.5) is 4.79 Å². The van der Waals surface area contributed by atoms with Gasteiger partial charge in [0.2, 0.25) is 0 Å². The first-order valence-electron chi connectivity index (χ1n) is 10.4. The largest absolute Gasteiger partial charge is 0.341 e. The Bertz CT molecular complexity index is 697. The molecule has 0 bridgehead atoms. The second kappa shape index (κ2) is 7.80. The van der Waals surface area contributed by atoms with Crippen molar-refractivity contribution in [3.05, 3.63) is 47.0 Å². The van der Waals surface area contributed by atoms with E-state index in [1.54, 1.807) is 11.1 Å². The van der Waals surface area contributed by atoms with E-state index in [0.29, 0.717) is 5.92 Å². The molecule has 1 saturated carbocycles. The molecule has 0 radical (unpaired) electrons. The third-order valence-electron chi connectivity index (χ3n) is 6.56. The number of unbranched alkanes of at least 4 members (excludes halogenated alkanes) is 2. The van der Waals surface area contributed by atoms with Gasteiger partial charge < -0.3 is 5.32 Å². The summed E-state index contributed by atoms with van der Waals surface area (Å²) in [4.78, 5) is 11.6. The SMILES string of the molecule is CCCC/C=C/[C@@H]1CCc2cc(C3CC[C@]4(CSC(=O)N4)C3)ccc2C1. The molecule has 4 rings (SSSR count). The average molecular weight is 370 g/mol. The van der Waals surface area contributed by atoms with E-state index in [1.165, 1.54) is 62.3 Å². The summed E-state index contributed by atoms with van der Waals surface area (Å²) in [5.41, 5.74) is 4.72. The molecule has 140 valence electrons. The zero-order valence-corrected chi connectivity index (χ0v) is 16.7. The van der Waals surface area contributed by atoms with Crippen molar-refractivity contribution in [3.63, 3.8) is 0 Å². The standard InChI is InChI=1S/C23H31NOS/c1-2-3-4-5-6-17-7-8-19-14-20(10-9-18(19)13-17)21-11-12-23(15-21)16-26-22(25)24-23/h5-6,9-10,14,17,21H,2-4,7-8,11-13,15-16H2,1H3,(H,24,25)/b6-5+/t17-,21?,23-/m1/s1. The van der Waals surface area contributed by atoms with Crippen LogP contribution in [-0.2, 0) is 12.8 Å². The van der Waals surface area contributed by atoms with E-state index in [2.05, 4.69) is 42.6 Å². The smallest absolute Gasteiger partial charge is 0.279 e. The fourth-order valence-corrected chi connectivity index (χ4v) is 6.01. The number of carbonyl (C=O) groups excluding carboxylic acids is 1. The minimum atomic E-state index is 0.0801. The molecule has 3 aliphatic rings. The maximum absolute atomic E-state index is 11.6. The molecular weight excluding hydrogens is 338 g/mol. The predicted molar refractivity (Wildman–Crippen MR) is 111 cm³/mol. The Morgan fingerprint density at radius 3 is 3.04 bits per heavy atom. The molecule has 3 heteroatoms. The number of thioether (sulfide) groups is 1. The molecule has 1 aromatic rings. The summed E-state index contributed by atoms with van der Waals surface area (Å²) in [5.74, 6) is 2.30. The number of aryl methyl sites for hydroxylation is 1. The maximum Gasteiger partial charge on any atom is 0.279 e. The zero-order chi connectivity index (χ0) is 18.0. The highest BCUT2D eigenvalue weighted by atomic mass is 32.2. The number of rotatable bonds is 5. The number of fused-ring (bicyclic) bond motifs is 1. The lowest BCUT2D eigenvalue weighted by Crippen LogP contribution is -2.40. The van der Waals surface area contributed by atoms with Gasteiger partial charge in [0.25, 0.3) is 5.24 Å². The van der Waals surface area contributed by atoms with Crippen LogP contribution >= 0.6 is 11.8 Å². The first-order chi connectivity index (χ1) is 12.7. The van der Waals surface area contributed by atoms with Gasteiger partial charge in [-0.1, -0.05) is 61.9 Å². The van der Waals surface area contributed by atoms with E-state index in [9.17, 15) is 4.79 Å². The molecule has 2 aliphatic carbocycles. The summed E-state index contributed by atoms with van der Waals surface area (Å²) in [6.07, 6.45) is 15.9. The van der Waals surface area contributed by atoms with Crippen molar-refractivity contribution in [1.29, 1.82) is 0 Å². The third kappa shape index (κ3) is 3.88. The lowest BCUT2D eigenvalue weighted by molar-refractivity contribution is 0.253. The molecule has 1 aliphatic heterocycles. The molecule has 2 nitrogen and oxygen atoms in total. The minimum absolute atomic E-state index is 0.0801. The molecule has 1 saturated heterocycles. The third-order valence-corrected chi connectivity index (χ3v) is 7.62. The molecular formula is C23H31NOS. The van der Waals surface area contributed by atoms with Crippen LogP contribution in [0.2, 0.25) is 0 Å². The Hall–Kier alpha value is -1.22. The molecule has 1 N–H and O–H groups in total. The molecule has 2 fully saturated rings. The number of amides is 1. The fourth-order valence-electron chi connectivity index (χ4n) is 4.98. The predicted octanol–water partition coefficient (Wildman–Crippen LogP) is 6.00. The van der Waals surface area contributed by atoms with Crippen LogP contribution in [0.1, 0.15) is 74.5 Å². The van der Waals surface area contributed by atoms with Gasteiger partial charge in [0, 0.05) is 5.75 Å². The highest BCUT2D eigenvalue weighted by Gasteiger charge is 2.44. The lowest BCUT2D eigenvalue weighted by Gasteiger charge is -2.25. The van der Waals surface area contributed by atoms with E-state index in [1.807, 2.05) is 0 Å². The number of hydrogen-bond donors (Lipinski definition) is 1. The molecule has 1 amide bonds. The Labute approximate surface area is 162 Å². The van der Waals surface area contributed by atoms with E-state index in [0.717, 1.165) is 24.5 Å². The lowest BCUT2D eigenvalue weighted by atomic mass is 9.81. The van der Waals surface area contributed by atoms with Gasteiger partial charge in [-0.25, -0.2) is 0 Å². The number of carbonyl (C=O) groups is 1. The molecule has 1 aromatic carbocycles. The summed E-state index contributed by atoms with van der Waals surface area (Å²) in [6, 6.07) is 7.25. The molecule has 1 unspecified atom stereocenters. The average Bonchev–Trinajstić information content (AvgIpc) is 3.24. The zero-order valence-electron chi connectivity index (χ0n) is 15.9. The second-order valence-corrected chi connectivity index (χ2v) is 9.47. The fraction of sp³-hybridized carbons (Fsp3) is 0.609. The van der Waals surface area contributed by atoms with Gasteiger partial charge in [-0.2, -0.15) is 0 Å². The van der Waals surface area contributed by atoms with Gasteiger partial charge in [-0.3, -0.25) is 4.79 Å². The summed E-state index contributed by atoms with van der Waals surface area (Å²) in [6.45, 7) is 2.26. The van der Waals surface area contributed by atoms with Crippen molar-refractivity contribution < 1.29 is 4.79 Å². The van der Waals surface area contributed by atoms with E-state index >= 15 is 0 Å². The van der Waals surface area contributed by atoms with Crippen molar-refractivity contribution >= 4 is 17.0 Å². The monoisotopic (exact) mass is 369 g/mol. The van der Waals surface area contributed by atoms with Crippen LogP contribution in [0.15, 0.2) is 30.4 Å². The van der Waals surface area contributed by atoms with Crippen molar-refractivity contribution in [3.8, 4) is 0 Å². The Morgan fingerprint density at radius 2 is 2.23 bits per heavy atom. The van der Waals surface area contributed by atoms with E-state index < -0.39 is 0 Å². The van der Waals surface area contributed by atoms with Gasteiger partial charge in [0.05, 0.1) is 5.54 Å². The van der Waals surface area contributed by atoms with Crippen molar-refractivity contribution in [2.45, 2.75) is 76.2 Å². The topological polar surface area (TPSA) is 29.1 Å². The minimum Gasteiger partial charge on any atom is -0.341 e. The molecule has 1 spiro atoms. The van der Waals surface area contributed by atoms with Gasteiger partial charge in [0.15, 0.2) is 0 Å². The first kappa shape index (κ1) is 18.2. The summed E-state index contributed by atoms with van der Waals surface area (Å²) in [5, 5.41) is 3.42. The molecule has 3 atom stereocenters. The Kier molecular flexibility index (Phi) is 5.45. The van der Waals surface area contributed by atoms with E-state index in [-0.39, 0.29) is 10.8 Å². The Balaban J connectivity index is 1.40. The van der Waals surface area contributed by atoms with Crippen LogP contribution < -0.4 is 5.32 Å². The van der Waals surface area contributed by atoms with Crippen LogP contribution in [0, 0.1) is 5.92 Å². The second-order valence-electron chi connectivity index (χ2n) is 8.52. The van der Waals surface area contributed by atoms with E-state index in [4.69, 9.17) is 0 Å². The molecule has 1 heterocycles. The van der Waals surface area contributed by atoms with Crippen molar-refractivity contribution in [1.82, 2.24) is 5.32 Å². The van der Waals surface area contributed by atoms with Gasteiger partial charge in [-0.05, 0) is 73.5 Å². The summed E-state index contributed by atoms with van der Waals surface area (Å²) < 4.78 is 0. The van der Waals surface area contributed by atoms with Crippen LogP contribution in [0.5, 0.6) is 0 Å². The van der Waals surface area contributed by atoms with Crippen molar-refractivity contribution in [2.75, 3.05) is 5.75 Å². The Morgan fingerprint density at radius 1 is 1.31 bits per heavy atom. The van der Waals surface area contributed by atoms with Crippen LogP contribution in [0.3, 0.4) is 0 Å². The van der Waals surface area contributed by atoms with Crippen LogP contribution in [-0.4, -0.2) is 16.5 Å². The van der Waals surface area contributed by atoms with Crippen molar-refractivity contribution in [2.24, 2.45) is 5.92 Å².